The second kappa shape index (κ2) is 8.92. The van der Waals surface area contributed by atoms with Crippen LogP contribution in [0.1, 0.15) is 16.8 Å². The summed E-state index contributed by atoms with van der Waals surface area (Å²) in [5, 5.41) is 7.20. The molecule has 3 rings (SSSR count). The average molecular weight is 376 g/mol. The average Bonchev–Trinajstić information content (AvgIpc) is 3.10. The predicted octanol–water partition coefficient (Wildman–Crippen LogP) is 1.55. The zero-order valence-corrected chi connectivity index (χ0v) is 15.4. The SMILES string of the molecule is Cl.O=C(CC1CSCCN1)N1CCN(C(=O)c2ccsc2)CC1. The maximum absolute atomic E-state index is 12.3. The van der Waals surface area contributed by atoms with Gasteiger partial charge in [-0.3, -0.25) is 9.59 Å². The third kappa shape index (κ3) is 4.86. The first-order chi connectivity index (χ1) is 10.7. The van der Waals surface area contributed by atoms with E-state index in [4.69, 9.17) is 0 Å². The van der Waals surface area contributed by atoms with Gasteiger partial charge in [0, 0.05) is 62.1 Å². The van der Waals surface area contributed by atoms with Gasteiger partial charge in [0.15, 0.2) is 0 Å². The lowest BCUT2D eigenvalue weighted by Gasteiger charge is -2.35. The van der Waals surface area contributed by atoms with E-state index in [0.29, 0.717) is 38.6 Å². The third-order valence-corrected chi connectivity index (χ3v) is 5.92. The largest absolute Gasteiger partial charge is 0.339 e. The zero-order chi connectivity index (χ0) is 15.4. The molecule has 2 fully saturated rings. The first kappa shape index (κ1) is 18.6. The van der Waals surface area contributed by atoms with Gasteiger partial charge in [0.05, 0.1) is 5.56 Å². The van der Waals surface area contributed by atoms with Crippen LogP contribution < -0.4 is 5.32 Å². The van der Waals surface area contributed by atoms with E-state index in [1.54, 1.807) is 0 Å². The lowest BCUT2D eigenvalue weighted by atomic mass is 10.2. The minimum Gasteiger partial charge on any atom is -0.339 e. The van der Waals surface area contributed by atoms with Crippen LogP contribution in [-0.4, -0.2) is 71.9 Å². The van der Waals surface area contributed by atoms with Crippen LogP contribution in [0.25, 0.3) is 0 Å². The molecular formula is C15H22ClN3O2S2. The quantitative estimate of drug-likeness (QED) is 0.870. The van der Waals surface area contributed by atoms with Crippen molar-refractivity contribution in [1.82, 2.24) is 15.1 Å². The van der Waals surface area contributed by atoms with Crippen molar-refractivity contribution in [2.75, 3.05) is 44.2 Å². The molecule has 0 aromatic carbocycles. The minimum absolute atomic E-state index is 0. The van der Waals surface area contributed by atoms with Crippen LogP contribution in [0.15, 0.2) is 16.8 Å². The maximum atomic E-state index is 12.3. The van der Waals surface area contributed by atoms with Gasteiger partial charge in [-0.15, -0.1) is 12.4 Å². The molecule has 23 heavy (non-hydrogen) atoms. The topological polar surface area (TPSA) is 52.7 Å². The number of nitrogens with one attached hydrogen (secondary N) is 1. The van der Waals surface area contributed by atoms with Gasteiger partial charge in [-0.05, 0) is 11.4 Å². The number of piperazine rings is 1. The van der Waals surface area contributed by atoms with Crippen LogP contribution in [0.5, 0.6) is 0 Å². The number of carbonyl (C=O) groups is 2. The molecule has 0 saturated carbocycles. The fourth-order valence-corrected chi connectivity index (χ4v) is 4.40. The predicted molar refractivity (Wildman–Crippen MR) is 97.8 cm³/mol. The van der Waals surface area contributed by atoms with Crippen molar-refractivity contribution in [2.45, 2.75) is 12.5 Å². The Morgan fingerprint density at radius 2 is 1.96 bits per heavy atom. The normalized spacial score (nSPS) is 21.7. The maximum Gasteiger partial charge on any atom is 0.254 e. The Kier molecular flexibility index (Phi) is 7.20. The molecule has 8 heteroatoms. The summed E-state index contributed by atoms with van der Waals surface area (Å²) in [6, 6.07) is 2.16. The van der Waals surface area contributed by atoms with Gasteiger partial charge in [-0.1, -0.05) is 0 Å². The Morgan fingerprint density at radius 1 is 1.22 bits per heavy atom. The first-order valence-corrected chi connectivity index (χ1v) is 9.74. The van der Waals surface area contributed by atoms with Crippen LogP contribution in [0.3, 0.4) is 0 Å². The number of amides is 2. The third-order valence-electron chi connectivity index (χ3n) is 4.11. The van der Waals surface area contributed by atoms with E-state index in [0.717, 1.165) is 23.6 Å². The Morgan fingerprint density at radius 3 is 2.57 bits per heavy atom. The van der Waals surface area contributed by atoms with Gasteiger partial charge in [-0.25, -0.2) is 0 Å². The highest BCUT2D eigenvalue weighted by Gasteiger charge is 2.26. The number of thiophene rings is 1. The Hall–Kier alpha value is -0.760. The molecule has 5 nitrogen and oxygen atoms in total. The van der Waals surface area contributed by atoms with Crippen molar-refractivity contribution >= 4 is 47.3 Å². The summed E-state index contributed by atoms with van der Waals surface area (Å²) in [4.78, 5) is 28.4. The summed E-state index contributed by atoms with van der Waals surface area (Å²) in [5.41, 5.74) is 0.758. The van der Waals surface area contributed by atoms with Crippen molar-refractivity contribution in [1.29, 1.82) is 0 Å². The van der Waals surface area contributed by atoms with Crippen molar-refractivity contribution in [3.8, 4) is 0 Å². The molecule has 1 aromatic rings. The molecule has 2 aliphatic heterocycles. The number of halogens is 1. The molecule has 2 amide bonds. The Balaban J connectivity index is 0.00000192. The summed E-state index contributed by atoms with van der Waals surface area (Å²) in [6.45, 7) is 3.55. The van der Waals surface area contributed by atoms with Gasteiger partial charge in [-0.2, -0.15) is 23.1 Å². The molecular weight excluding hydrogens is 354 g/mol. The van der Waals surface area contributed by atoms with Gasteiger partial charge < -0.3 is 15.1 Å². The van der Waals surface area contributed by atoms with Gasteiger partial charge >= 0.3 is 0 Å². The van der Waals surface area contributed by atoms with Crippen LogP contribution >= 0.6 is 35.5 Å². The zero-order valence-electron chi connectivity index (χ0n) is 12.9. The summed E-state index contributed by atoms with van der Waals surface area (Å²) >= 11 is 3.45. The number of hydrogen-bond donors (Lipinski definition) is 1. The summed E-state index contributed by atoms with van der Waals surface area (Å²) in [7, 11) is 0. The molecule has 2 aliphatic rings. The Bertz CT molecular complexity index is 513. The van der Waals surface area contributed by atoms with E-state index in [1.165, 1.54) is 11.3 Å². The molecule has 0 bridgehead atoms. The highest BCUT2D eigenvalue weighted by Crippen LogP contribution is 2.14. The number of rotatable bonds is 3. The van der Waals surface area contributed by atoms with Crippen LogP contribution in [-0.2, 0) is 4.79 Å². The molecule has 1 atom stereocenters. The molecule has 0 aliphatic carbocycles. The molecule has 128 valence electrons. The van der Waals surface area contributed by atoms with Crippen LogP contribution in [0.4, 0.5) is 0 Å². The first-order valence-electron chi connectivity index (χ1n) is 7.64. The number of hydrogen-bond acceptors (Lipinski definition) is 5. The van der Waals surface area contributed by atoms with Gasteiger partial charge in [0.1, 0.15) is 0 Å². The van der Waals surface area contributed by atoms with Crippen LogP contribution in [0, 0.1) is 0 Å². The Labute approximate surface area is 151 Å². The minimum atomic E-state index is 0. The van der Waals surface area contributed by atoms with E-state index in [-0.39, 0.29) is 24.2 Å². The van der Waals surface area contributed by atoms with E-state index < -0.39 is 0 Å². The molecule has 1 unspecified atom stereocenters. The van der Waals surface area contributed by atoms with E-state index in [2.05, 4.69) is 5.32 Å². The number of thioether (sulfide) groups is 1. The van der Waals surface area contributed by atoms with Crippen molar-refractivity contribution < 1.29 is 9.59 Å². The monoisotopic (exact) mass is 375 g/mol. The highest BCUT2D eigenvalue weighted by molar-refractivity contribution is 7.99. The van der Waals surface area contributed by atoms with E-state index >= 15 is 0 Å². The van der Waals surface area contributed by atoms with Crippen molar-refractivity contribution in [2.24, 2.45) is 0 Å². The van der Waals surface area contributed by atoms with E-state index in [9.17, 15) is 9.59 Å². The summed E-state index contributed by atoms with van der Waals surface area (Å²) in [6.07, 6.45) is 0.575. The smallest absolute Gasteiger partial charge is 0.254 e. The molecule has 3 heterocycles. The van der Waals surface area contributed by atoms with Crippen LogP contribution in [0.2, 0.25) is 0 Å². The molecule has 0 radical (unpaired) electrons. The van der Waals surface area contributed by atoms with Gasteiger partial charge in [0.2, 0.25) is 5.91 Å². The highest BCUT2D eigenvalue weighted by atomic mass is 35.5. The lowest BCUT2D eigenvalue weighted by molar-refractivity contribution is -0.133. The standard InChI is InChI=1S/C15H21N3O2S2.ClH/c19-14(9-13-11-22-8-2-16-13)17-3-5-18(6-4-17)15(20)12-1-7-21-10-12;/h1,7,10,13,16H,2-6,8-9,11H2;1H. The summed E-state index contributed by atoms with van der Waals surface area (Å²) in [5.74, 6) is 2.44. The molecule has 1 aromatic heterocycles. The van der Waals surface area contributed by atoms with Gasteiger partial charge in [0.25, 0.3) is 5.91 Å². The summed E-state index contributed by atoms with van der Waals surface area (Å²) < 4.78 is 0. The lowest BCUT2D eigenvalue weighted by Crippen LogP contribution is -2.52. The van der Waals surface area contributed by atoms with E-state index in [1.807, 2.05) is 38.4 Å². The molecule has 1 N–H and O–H groups in total. The number of nitrogens with zero attached hydrogens (tertiary/aromatic N) is 2. The fraction of sp³-hybridized carbons (Fsp3) is 0.600. The molecule has 2 saturated heterocycles. The second-order valence-electron chi connectivity index (χ2n) is 5.62. The van der Waals surface area contributed by atoms with Crippen molar-refractivity contribution in [3.63, 3.8) is 0 Å². The van der Waals surface area contributed by atoms with Crippen molar-refractivity contribution in [3.05, 3.63) is 22.4 Å². The second-order valence-corrected chi connectivity index (χ2v) is 7.54. The number of carbonyl (C=O) groups excluding carboxylic acids is 2. The molecule has 0 spiro atoms. The fourth-order valence-electron chi connectivity index (χ4n) is 2.82.